The second-order valence-electron chi connectivity index (χ2n) is 5.85. The smallest absolute Gasteiger partial charge is 0.253 e. The van der Waals surface area contributed by atoms with Crippen molar-refractivity contribution in [3.8, 4) is 17.2 Å². The Kier molecular flexibility index (Phi) is 4.43. The van der Waals surface area contributed by atoms with Gasteiger partial charge in [0.15, 0.2) is 17.6 Å². The second kappa shape index (κ2) is 7.03. The Morgan fingerprint density at radius 3 is 3.00 bits per heavy atom. The van der Waals surface area contributed by atoms with E-state index in [1.54, 1.807) is 6.07 Å². The van der Waals surface area contributed by atoms with Crippen molar-refractivity contribution >= 4 is 5.91 Å². The molecule has 0 unspecified atom stereocenters. The minimum atomic E-state index is -0.546. The molecule has 0 spiro atoms. The molecule has 130 valence electrons. The van der Waals surface area contributed by atoms with E-state index in [1.165, 1.54) is 5.56 Å². The lowest BCUT2D eigenvalue weighted by Crippen LogP contribution is -2.35. The number of fused-ring (bicyclic) bond motifs is 2. The molecule has 0 bridgehead atoms. The van der Waals surface area contributed by atoms with Crippen LogP contribution in [0.5, 0.6) is 17.2 Å². The number of rotatable bonds is 5. The summed E-state index contributed by atoms with van der Waals surface area (Å²) in [5.74, 6) is 1.93. The molecule has 2 aliphatic heterocycles. The van der Waals surface area contributed by atoms with Crippen LogP contribution in [0.3, 0.4) is 0 Å². The number of hydrogen-bond acceptors (Lipinski definition) is 5. The summed E-state index contributed by atoms with van der Waals surface area (Å²) < 4.78 is 21.9. The van der Waals surface area contributed by atoms with E-state index in [2.05, 4.69) is 5.32 Å². The van der Waals surface area contributed by atoms with E-state index in [0.29, 0.717) is 37.0 Å². The Balaban J connectivity index is 1.28. The molecule has 2 aromatic rings. The molecular formula is C19H19NO5. The van der Waals surface area contributed by atoms with Crippen LogP contribution in [-0.4, -0.2) is 32.5 Å². The monoisotopic (exact) mass is 341 g/mol. The summed E-state index contributed by atoms with van der Waals surface area (Å²) in [5, 5.41) is 2.87. The van der Waals surface area contributed by atoms with Crippen LogP contribution >= 0.6 is 0 Å². The van der Waals surface area contributed by atoms with Crippen LogP contribution < -0.4 is 19.5 Å². The summed E-state index contributed by atoms with van der Waals surface area (Å²) >= 11 is 0. The topological polar surface area (TPSA) is 66.0 Å². The molecule has 0 saturated heterocycles. The number of nitrogens with one attached hydrogen (secondary N) is 1. The van der Waals surface area contributed by atoms with Crippen LogP contribution in [0.4, 0.5) is 0 Å². The molecule has 2 heterocycles. The maximum absolute atomic E-state index is 12.4. The van der Waals surface area contributed by atoms with Crippen LogP contribution in [0.25, 0.3) is 0 Å². The minimum absolute atomic E-state index is 0.138. The Labute approximate surface area is 145 Å². The summed E-state index contributed by atoms with van der Waals surface area (Å²) in [6.07, 6.45) is 0.295. The molecular weight excluding hydrogens is 322 g/mol. The first-order chi connectivity index (χ1) is 12.3. The van der Waals surface area contributed by atoms with E-state index in [0.717, 1.165) is 12.0 Å². The zero-order valence-electron chi connectivity index (χ0n) is 13.7. The predicted octanol–water partition coefficient (Wildman–Crippen LogP) is 2.22. The predicted molar refractivity (Wildman–Crippen MR) is 89.9 cm³/mol. The molecule has 2 aromatic carbocycles. The van der Waals surface area contributed by atoms with Gasteiger partial charge >= 0.3 is 0 Å². The standard InChI is InChI=1S/C19H19NO5/c21-19(18-15-4-2-1-3-13(15)7-9-23-18)20-8-10-22-14-5-6-16-17(11-14)25-12-24-16/h1-6,11,18H,7-10,12H2,(H,20,21)/t18-/m1/s1. The van der Waals surface area contributed by atoms with Crippen LogP contribution in [0.2, 0.25) is 0 Å². The molecule has 4 rings (SSSR count). The fourth-order valence-electron chi connectivity index (χ4n) is 3.01. The normalized spacial score (nSPS) is 17.7. The molecule has 6 heteroatoms. The lowest BCUT2D eigenvalue weighted by atomic mass is 9.97. The SMILES string of the molecule is O=C(NCCOc1ccc2c(c1)OCO2)[C@@H]1OCCc2ccccc21. The third-order valence-corrected chi connectivity index (χ3v) is 4.25. The zero-order chi connectivity index (χ0) is 17.1. The van der Waals surface area contributed by atoms with Crippen molar-refractivity contribution in [2.45, 2.75) is 12.5 Å². The van der Waals surface area contributed by atoms with Crippen LogP contribution in [0.1, 0.15) is 17.2 Å². The lowest BCUT2D eigenvalue weighted by Gasteiger charge is -2.25. The summed E-state index contributed by atoms with van der Waals surface area (Å²) in [5.41, 5.74) is 2.12. The van der Waals surface area contributed by atoms with Gasteiger partial charge in [0.25, 0.3) is 5.91 Å². The Morgan fingerprint density at radius 2 is 2.04 bits per heavy atom. The van der Waals surface area contributed by atoms with E-state index >= 15 is 0 Å². The first-order valence-corrected chi connectivity index (χ1v) is 8.31. The highest BCUT2D eigenvalue weighted by Gasteiger charge is 2.26. The molecule has 2 aliphatic rings. The third kappa shape index (κ3) is 3.39. The van der Waals surface area contributed by atoms with Gasteiger partial charge < -0.3 is 24.3 Å². The van der Waals surface area contributed by atoms with Crippen molar-refractivity contribution in [2.75, 3.05) is 26.6 Å². The van der Waals surface area contributed by atoms with Crippen molar-refractivity contribution in [3.63, 3.8) is 0 Å². The van der Waals surface area contributed by atoms with Crippen molar-refractivity contribution < 1.29 is 23.7 Å². The van der Waals surface area contributed by atoms with Crippen LogP contribution in [0, 0.1) is 0 Å². The van der Waals surface area contributed by atoms with E-state index in [4.69, 9.17) is 18.9 Å². The van der Waals surface area contributed by atoms with Gasteiger partial charge in [0.05, 0.1) is 13.2 Å². The molecule has 0 aromatic heterocycles. The van der Waals surface area contributed by atoms with Gasteiger partial charge in [-0.3, -0.25) is 4.79 Å². The first-order valence-electron chi connectivity index (χ1n) is 8.31. The molecule has 6 nitrogen and oxygen atoms in total. The highest BCUT2D eigenvalue weighted by molar-refractivity contribution is 5.82. The quantitative estimate of drug-likeness (QED) is 0.845. The summed E-state index contributed by atoms with van der Waals surface area (Å²) in [6.45, 7) is 1.55. The molecule has 0 fully saturated rings. The van der Waals surface area contributed by atoms with Gasteiger partial charge in [-0.25, -0.2) is 0 Å². The Hall–Kier alpha value is -2.73. The van der Waals surface area contributed by atoms with Crippen LogP contribution in [-0.2, 0) is 16.0 Å². The Morgan fingerprint density at radius 1 is 1.16 bits per heavy atom. The maximum atomic E-state index is 12.4. The van der Waals surface area contributed by atoms with E-state index in [9.17, 15) is 4.79 Å². The van der Waals surface area contributed by atoms with E-state index in [-0.39, 0.29) is 12.7 Å². The molecule has 1 atom stereocenters. The third-order valence-electron chi connectivity index (χ3n) is 4.25. The molecule has 1 amide bonds. The number of ether oxygens (including phenoxy) is 4. The summed E-state index contributed by atoms with van der Waals surface area (Å²) in [7, 11) is 0. The number of carbonyl (C=O) groups is 1. The first kappa shape index (κ1) is 15.8. The molecule has 1 N–H and O–H groups in total. The van der Waals surface area contributed by atoms with Gasteiger partial charge in [0, 0.05) is 6.07 Å². The van der Waals surface area contributed by atoms with Crippen molar-refractivity contribution in [1.82, 2.24) is 5.32 Å². The Bertz CT molecular complexity index is 776. The van der Waals surface area contributed by atoms with Gasteiger partial charge in [-0.15, -0.1) is 0 Å². The van der Waals surface area contributed by atoms with Crippen LogP contribution in [0.15, 0.2) is 42.5 Å². The molecule has 0 saturated carbocycles. The fourth-order valence-corrected chi connectivity index (χ4v) is 3.01. The number of amides is 1. The highest BCUT2D eigenvalue weighted by atomic mass is 16.7. The van der Waals surface area contributed by atoms with Gasteiger partial charge in [-0.2, -0.15) is 0 Å². The molecule has 0 radical (unpaired) electrons. The lowest BCUT2D eigenvalue weighted by molar-refractivity contribution is -0.134. The zero-order valence-corrected chi connectivity index (χ0v) is 13.7. The fraction of sp³-hybridized carbons (Fsp3) is 0.316. The number of carbonyl (C=O) groups excluding carboxylic acids is 1. The van der Waals surface area contributed by atoms with E-state index < -0.39 is 6.10 Å². The highest BCUT2D eigenvalue weighted by Crippen LogP contribution is 2.35. The van der Waals surface area contributed by atoms with Gasteiger partial charge in [0.2, 0.25) is 6.79 Å². The number of hydrogen-bond donors (Lipinski definition) is 1. The number of benzene rings is 2. The summed E-state index contributed by atoms with van der Waals surface area (Å²) in [4.78, 5) is 12.4. The summed E-state index contributed by atoms with van der Waals surface area (Å²) in [6, 6.07) is 13.3. The second-order valence-corrected chi connectivity index (χ2v) is 5.85. The van der Waals surface area contributed by atoms with Crippen molar-refractivity contribution in [3.05, 3.63) is 53.6 Å². The van der Waals surface area contributed by atoms with Gasteiger partial charge in [-0.1, -0.05) is 24.3 Å². The molecule has 25 heavy (non-hydrogen) atoms. The average molecular weight is 341 g/mol. The maximum Gasteiger partial charge on any atom is 0.253 e. The van der Waals surface area contributed by atoms with Crippen molar-refractivity contribution in [2.24, 2.45) is 0 Å². The molecule has 0 aliphatic carbocycles. The largest absolute Gasteiger partial charge is 0.492 e. The average Bonchev–Trinajstić information content (AvgIpc) is 3.12. The van der Waals surface area contributed by atoms with Gasteiger partial charge in [0.1, 0.15) is 12.4 Å². The minimum Gasteiger partial charge on any atom is -0.492 e. The van der Waals surface area contributed by atoms with Gasteiger partial charge in [-0.05, 0) is 29.7 Å². The van der Waals surface area contributed by atoms with Crippen molar-refractivity contribution in [1.29, 1.82) is 0 Å². The van der Waals surface area contributed by atoms with E-state index in [1.807, 2.05) is 36.4 Å².